The fourth-order valence-electron chi connectivity index (χ4n) is 1.31. The van der Waals surface area contributed by atoms with Crippen LogP contribution in [0.2, 0.25) is 0 Å². The van der Waals surface area contributed by atoms with Gasteiger partial charge in [-0.3, -0.25) is 14.5 Å². The predicted octanol–water partition coefficient (Wildman–Crippen LogP) is 1.47. The van der Waals surface area contributed by atoms with Gasteiger partial charge in [0.1, 0.15) is 0 Å². The summed E-state index contributed by atoms with van der Waals surface area (Å²) in [7, 11) is 1.79. The zero-order valence-electron chi connectivity index (χ0n) is 9.37. The van der Waals surface area contributed by atoms with Gasteiger partial charge in [0.2, 0.25) is 5.91 Å². The van der Waals surface area contributed by atoms with Gasteiger partial charge in [0.05, 0.1) is 17.6 Å². The monoisotopic (exact) mass is 228 g/mol. The third-order valence-corrected chi connectivity index (χ3v) is 2.07. The Morgan fingerprint density at radius 1 is 1.47 bits per heavy atom. The maximum absolute atomic E-state index is 11.5. The standard InChI is InChI=1S/C12H12N4O/c1-16-9-11(8-14-16)15-12(17)6-5-10-4-2-3-7-13-10/h2-9H,1H3,(H,15,17)/b6-5+. The Balaban J connectivity index is 1.96. The van der Waals surface area contributed by atoms with Gasteiger partial charge in [-0.2, -0.15) is 5.10 Å². The molecule has 0 aliphatic rings. The Morgan fingerprint density at radius 3 is 3.00 bits per heavy atom. The normalized spacial score (nSPS) is 10.6. The van der Waals surface area contributed by atoms with Crippen LogP contribution in [0.4, 0.5) is 5.69 Å². The van der Waals surface area contributed by atoms with E-state index in [1.54, 1.807) is 36.4 Å². The van der Waals surface area contributed by atoms with E-state index in [0.29, 0.717) is 5.69 Å². The van der Waals surface area contributed by atoms with Crippen LogP contribution < -0.4 is 5.32 Å². The molecule has 1 amide bonds. The quantitative estimate of drug-likeness (QED) is 0.809. The second-order valence-corrected chi connectivity index (χ2v) is 3.48. The van der Waals surface area contributed by atoms with Crippen LogP contribution in [0.25, 0.3) is 6.08 Å². The van der Waals surface area contributed by atoms with Gasteiger partial charge >= 0.3 is 0 Å². The summed E-state index contributed by atoms with van der Waals surface area (Å²) in [5.41, 5.74) is 1.41. The summed E-state index contributed by atoms with van der Waals surface area (Å²) in [6, 6.07) is 5.52. The Labute approximate surface area is 98.8 Å². The van der Waals surface area contributed by atoms with E-state index in [1.165, 1.54) is 6.08 Å². The molecule has 0 saturated heterocycles. The van der Waals surface area contributed by atoms with Gasteiger partial charge in [-0.1, -0.05) is 6.07 Å². The molecule has 0 aromatic carbocycles. The molecule has 0 radical (unpaired) electrons. The molecular formula is C12H12N4O. The van der Waals surface area contributed by atoms with Gasteiger partial charge in [-0.25, -0.2) is 0 Å². The minimum atomic E-state index is -0.205. The van der Waals surface area contributed by atoms with Crippen molar-refractivity contribution in [1.82, 2.24) is 14.8 Å². The molecule has 5 nitrogen and oxygen atoms in total. The number of hydrogen-bond acceptors (Lipinski definition) is 3. The lowest BCUT2D eigenvalue weighted by Crippen LogP contribution is -2.06. The number of carbonyl (C=O) groups is 1. The average molecular weight is 228 g/mol. The molecule has 2 heterocycles. The van der Waals surface area contributed by atoms with E-state index in [1.807, 2.05) is 18.2 Å². The van der Waals surface area contributed by atoms with E-state index in [4.69, 9.17) is 0 Å². The summed E-state index contributed by atoms with van der Waals surface area (Å²) >= 11 is 0. The number of carbonyl (C=O) groups excluding carboxylic acids is 1. The van der Waals surface area contributed by atoms with Crippen molar-refractivity contribution in [2.45, 2.75) is 0 Å². The molecule has 2 aromatic rings. The molecule has 0 saturated carbocycles. The number of anilines is 1. The first-order valence-electron chi connectivity index (χ1n) is 5.13. The Bertz CT molecular complexity index is 530. The van der Waals surface area contributed by atoms with Crippen LogP contribution in [-0.2, 0) is 11.8 Å². The summed E-state index contributed by atoms with van der Waals surface area (Å²) in [4.78, 5) is 15.6. The molecule has 2 aromatic heterocycles. The lowest BCUT2D eigenvalue weighted by atomic mass is 10.3. The third-order valence-electron chi connectivity index (χ3n) is 2.07. The topological polar surface area (TPSA) is 59.8 Å². The van der Waals surface area contributed by atoms with Crippen LogP contribution in [0.15, 0.2) is 42.9 Å². The molecule has 17 heavy (non-hydrogen) atoms. The second-order valence-electron chi connectivity index (χ2n) is 3.48. The van der Waals surface area contributed by atoms with E-state index >= 15 is 0 Å². The molecule has 0 fully saturated rings. The van der Waals surface area contributed by atoms with E-state index in [9.17, 15) is 4.79 Å². The SMILES string of the molecule is Cn1cc(NC(=O)/C=C/c2ccccn2)cn1. The smallest absolute Gasteiger partial charge is 0.248 e. The first-order chi connectivity index (χ1) is 8.24. The third kappa shape index (κ3) is 3.27. The number of aromatic nitrogens is 3. The summed E-state index contributed by atoms with van der Waals surface area (Å²) < 4.78 is 1.62. The summed E-state index contributed by atoms with van der Waals surface area (Å²) in [5.74, 6) is -0.205. The van der Waals surface area contributed by atoms with Crippen LogP contribution >= 0.6 is 0 Å². The molecule has 0 aliphatic heterocycles. The van der Waals surface area contributed by atoms with Crippen LogP contribution in [-0.4, -0.2) is 20.7 Å². The van der Waals surface area contributed by atoms with Crippen molar-refractivity contribution < 1.29 is 4.79 Å². The van der Waals surface area contributed by atoms with Gasteiger partial charge in [-0.15, -0.1) is 0 Å². The highest BCUT2D eigenvalue weighted by Gasteiger charge is 1.99. The summed E-state index contributed by atoms with van der Waals surface area (Å²) in [6.45, 7) is 0. The minimum Gasteiger partial charge on any atom is -0.320 e. The highest BCUT2D eigenvalue weighted by Crippen LogP contribution is 2.03. The van der Waals surface area contributed by atoms with Crippen molar-refractivity contribution in [2.24, 2.45) is 7.05 Å². The molecule has 86 valence electrons. The van der Waals surface area contributed by atoms with Gasteiger partial charge in [0.15, 0.2) is 0 Å². The van der Waals surface area contributed by atoms with E-state index in [2.05, 4.69) is 15.4 Å². The number of rotatable bonds is 3. The Kier molecular flexibility index (Phi) is 3.30. The molecule has 2 rings (SSSR count). The van der Waals surface area contributed by atoms with Crippen LogP contribution in [0.3, 0.4) is 0 Å². The molecule has 0 bridgehead atoms. The zero-order chi connectivity index (χ0) is 12.1. The Hall–Kier alpha value is -2.43. The number of hydrogen-bond donors (Lipinski definition) is 1. The van der Waals surface area contributed by atoms with Crippen molar-refractivity contribution in [1.29, 1.82) is 0 Å². The maximum atomic E-state index is 11.5. The maximum Gasteiger partial charge on any atom is 0.248 e. The van der Waals surface area contributed by atoms with Crippen molar-refractivity contribution in [2.75, 3.05) is 5.32 Å². The van der Waals surface area contributed by atoms with Crippen molar-refractivity contribution in [3.63, 3.8) is 0 Å². The highest BCUT2D eigenvalue weighted by molar-refractivity contribution is 6.01. The first-order valence-corrected chi connectivity index (χ1v) is 5.13. The van der Waals surface area contributed by atoms with Gasteiger partial charge in [0.25, 0.3) is 0 Å². The fraction of sp³-hybridized carbons (Fsp3) is 0.0833. The zero-order valence-corrected chi connectivity index (χ0v) is 9.37. The van der Waals surface area contributed by atoms with Gasteiger partial charge in [-0.05, 0) is 18.2 Å². The highest BCUT2D eigenvalue weighted by atomic mass is 16.1. The fourth-order valence-corrected chi connectivity index (χ4v) is 1.31. The summed E-state index contributed by atoms with van der Waals surface area (Å²) in [6.07, 6.45) is 8.10. The number of aryl methyl sites for hydroxylation is 1. The number of amides is 1. The average Bonchev–Trinajstić information content (AvgIpc) is 2.73. The van der Waals surface area contributed by atoms with Crippen LogP contribution in [0, 0.1) is 0 Å². The molecule has 0 atom stereocenters. The second kappa shape index (κ2) is 5.07. The molecule has 0 unspecified atom stereocenters. The van der Waals surface area contributed by atoms with Gasteiger partial charge in [0, 0.05) is 25.5 Å². The van der Waals surface area contributed by atoms with Crippen LogP contribution in [0.5, 0.6) is 0 Å². The lowest BCUT2D eigenvalue weighted by Gasteiger charge is -1.96. The number of pyridine rings is 1. The molecule has 1 N–H and O–H groups in total. The molecule has 0 aliphatic carbocycles. The minimum absolute atomic E-state index is 0.205. The molecule has 5 heteroatoms. The van der Waals surface area contributed by atoms with Crippen molar-refractivity contribution in [3.05, 3.63) is 48.6 Å². The van der Waals surface area contributed by atoms with Crippen molar-refractivity contribution >= 4 is 17.7 Å². The Morgan fingerprint density at radius 2 is 2.35 bits per heavy atom. The lowest BCUT2D eigenvalue weighted by molar-refractivity contribution is -0.111. The first kappa shape index (κ1) is 11.1. The summed E-state index contributed by atoms with van der Waals surface area (Å²) in [5, 5.41) is 6.65. The van der Waals surface area contributed by atoms with Gasteiger partial charge < -0.3 is 5.32 Å². The van der Waals surface area contributed by atoms with Crippen LogP contribution in [0.1, 0.15) is 5.69 Å². The predicted molar refractivity (Wildman–Crippen MR) is 65.1 cm³/mol. The van der Waals surface area contributed by atoms with E-state index in [0.717, 1.165) is 5.69 Å². The number of nitrogens with one attached hydrogen (secondary N) is 1. The van der Waals surface area contributed by atoms with E-state index in [-0.39, 0.29) is 5.91 Å². The largest absolute Gasteiger partial charge is 0.320 e. The number of nitrogens with zero attached hydrogens (tertiary/aromatic N) is 3. The molecule has 0 spiro atoms. The van der Waals surface area contributed by atoms with Crippen molar-refractivity contribution in [3.8, 4) is 0 Å². The molecular weight excluding hydrogens is 216 g/mol. The van der Waals surface area contributed by atoms with E-state index < -0.39 is 0 Å².